The molecule has 1 aliphatic rings. The Morgan fingerprint density at radius 3 is 2.62 bits per heavy atom. The van der Waals surface area contributed by atoms with E-state index in [1.165, 1.54) is 25.0 Å². The highest BCUT2D eigenvalue weighted by molar-refractivity contribution is 6.03. The Hall–Kier alpha value is -2.90. The number of anilines is 1. The van der Waals surface area contributed by atoms with Crippen LogP contribution in [0.4, 0.5) is 18.9 Å². The van der Waals surface area contributed by atoms with Gasteiger partial charge in [0.05, 0.1) is 11.2 Å². The molecule has 3 aromatic rings. The lowest BCUT2D eigenvalue weighted by Crippen LogP contribution is -2.17. The molecule has 0 bridgehead atoms. The molecule has 0 spiro atoms. The lowest BCUT2D eigenvalue weighted by Gasteiger charge is -2.24. The number of rotatable bonds is 3. The van der Waals surface area contributed by atoms with Crippen LogP contribution in [0.2, 0.25) is 0 Å². The monoisotopic (exact) mass is 402 g/mol. The Morgan fingerprint density at radius 2 is 1.90 bits per heavy atom. The summed E-state index contributed by atoms with van der Waals surface area (Å²) in [6.07, 6.45) is 1.78. The summed E-state index contributed by atoms with van der Waals surface area (Å²) in [4.78, 5) is 15.8. The van der Waals surface area contributed by atoms with E-state index in [-0.39, 0.29) is 5.69 Å². The summed E-state index contributed by atoms with van der Waals surface area (Å²) in [5, 5.41) is 7.26. The van der Waals surface area contributed by atoms with E-state index in [0.29, 0.717) is 11.6 Å². The van der Waals surface area contributed by atoms with Crippen molar-refractivity contribution in [2.75, 3.05) is 5.32 Å². The summed E-state index contributed by atoms with van der Waals surface area (Å²) in [6, 6.07) is 8.69. The summed E-state index contributed by atoms with van der Waals surface area (Å²) >= 11 is 0. The summed E-state index contributed by atoms with van der Waals surface area (Å²) < 4.78 is 40.2. The third-order valence-corrected chi connectivity index (χ3v) is 5.45. The van der Waals surface area contributed by atoms with Crippen molar-refractivity contribution < 1.29 is 18.0 Å². The van der Waals surface area contributed by atoms with Crippen LogP contribution in [0.3, 0.4) is 0 Å². The second kappa shape index (κ2) is 7.50. The van der Waals surface area contributed by atoms with Gasteiger partial charge in [-0.05, 0) is 49.1 Å². The quantitative estimate of drug-likeness (QED) is 0.647. The zero-order chi connectivity index (χ0) is 20.6. The molecule has 0 aliphatic heterocycles. The number of aromatic nitrogens is 3. The average Bonchev–Trinajstić information content (AvgIpc) is 3.11. The minimum atomic E-state index is -4.60. The van der Waals surface area contributed by atoms with Crippen LogP contribution in [0.5, 0.6) is 0 Å². The van der Waals surface area contributed by atoms with Crippen LogP contribution in [0, 0.1) is 5.92 Å². The predicted octanol–water partition coefficient (Wildman–Crippen LogP) is 5.29. The number of alkyl halides is 3. The molecule has 1 N–H and O–H groups in total. The van der Waals surface area contributed by atoms with E-state index in [9.17, 15) is 18.0 Å². The van der Waals surface area contributed by atoms with Gasteiger partial charge in [0.1, 0.15) is 11.4 Å². The molecule has 1 fully saturated rings. The van der Waals surface area contributed by atoms with Gasteiger partial charge in [0.15, 0.2) is 0 Å². The number of hydrogen-bond acceptors (Lipinski definition) is 3. The molecule has 1 saturated carbocycles. The number of pyridine rings is 2. The second-order valence-electron chi connectivity index (χ2n) is 7.67. The van der Waals surface area contributed by atoms with Crippen LogP contribution >= 0.6 is 0 Å². The average molecular weight is 402 g/mol. The zero-order valence-corrected chi connectivity index (χ0v) is 15.9. The van der Waals surface area contributed by atoms with Crippen molar-refractivity contribution >= 4 is 17.1 Å². The normalized spacial score (nSPS) is 20.0. The largest absolute Gasteiger partial charge is 0.433 e. The maximum atomic E-state index is 12.8. The molecule has 0 saturated heterocycles. The number of nitrogens with one attached hydrogen (secondary N) is 1. The smallest absolute Gasteiger partial charge is 0.321 e. The number of halogens is 3. The molecule has 1 amide bonds. The van der Waals surface area contributed by atoms with E-state index in [2.05, 4.69) is 22.3 Å². The van der Waals surface area contributed by atoms with Gasteiger partial charge in [0, 0.05) is 17.8 Å². The van der Waals surface area contributed by atoms with Crippen LogP contribution in [-0.4, -0.2) is 20.5 Å². The third kappa shape index (κ3) is 4.26. The number of fused-ring (bicyclic) bond motifs is 1. The summed E-state index contributed by atoms with van der Waals surface area (Å²) in [5.74, 6) is 0.509. The summed E-state index contributed by atoms with van der Waals surface area (Å²) in [5.41, 5.74) is 0.965. The van der Waals surface area contributed by atoms with Crippen molar-refractivity contribution in [3.63, 3.8) is 0 Å². The predicted molar refractivity (Wildman–Crippen MR) is 103 cm³/mol. The fourth-order valence-electron chi connectivity index (χ4n) is 3.76. The molecule has 29 heavy (non-hydrogen) atoms. The Morgan fingerprint density at radius 1 is 1.14 bits per heavy atom. The standard InChI is InChI=1S/C21H21F3N4O/c1-13-5-7-14(8-6-13)18-12-16-11-15(9-10-28(16)27-18)25-20(29)17-3-2-4-19(26-17)21(22,23)24/h2-4,9-14H,5-8H2,1H3,(H,25,29). The van der Waals surface area contributed by atoms with Crippen LogP contribution < -0.4 is 5.32 Å². The fraction of sp³-hybridized carbons (Fsp3) is 0.381. The molecule has 3 aromatic heterocycles. The summed E-state index contributed by atoms with van der Waals surface area (Å²) in [6.45, 7) is 2.27. The maximum Gasteiger partial charge on any atom is 0.433 e. The highest BCUT2D eigenvalue weighted by Gasteiger charge is 2.33. The number of nitrogens with zero attached hydrogens (tertiary/aromatic N) is 3. The van der Waals surface area contributed by atoms with E-state index in [4.69, 9.17) is 0 Å². The molecular formula is C21H21F3N4O. The molecule has 0 unspecified atom stereocenters. The van der Waals surface area contributed by atoms with E-state index < -0.39 is 17.8 Å². The van der Waals surface area contributed by atoms with Gasteiger partial charge in [-0.2, -0.15) is 18.3 Å². The molecular weight excluding hydrogens is 381 g/mol. The Bertz CT molecular complexity index is 1040. The van der Waals surface area contributed by atoms with E-state index in [1.807, 2.05) is 6.07 Å². The van der Waals surface area contributed by atoms with Crippen molar-refractivity contribution in [3.8, 4) is 0 Å². The van der Waals surface area contributed by atoms with Gasteiger partial charge in [0.2, 0.25) is 0 Å². The van der Waals surface area contributed by atoms with Crippen LogP contribution in [0.25, 0.3) is 5.52 Å². The molecule has 1 aliphatic carbocycles. The Labute approximate surface area is 166 Å². The zero-order valence-electron chi connectivity index (χ0n) is 15.9. The van der Waals surface area contributed by atoms with Crippen LogP contribution in [-0.2, 0) is 6.18 Å². The topological polar surface area (TPSA) is 59.3 Å². The highest BCUT2D eigenvalue weighted by atomic mass is 19.4. The Kier molecular flexibility index (Phi) is 5.02. The molecule has 0 atom stereocenters. The van der Waals surface area contributed by atoms with Crippen molar-refractivity contribution in [2.24, 2.45) is 5.92 Å². The number of carbonyl (C=O) groups excluding carboxylic acids is 1. The van der Waals surface area contributed by atoms with Crippen molar-refractivity contribution in [1.29, 1.82) is 0 Å². The van der Waals surface area contributed by atoms with E-state index >= 15 is 0 Å². The van der Waals surface area contributed by atoms with Gasteiger partial charge in [-0.25, -0.2) is 9.50 Å². The van der Waals surface area contributed by atoms with Gasteiger partial charge in [-0.1, -0.05) is 25.8 Å². The first-order valence-electron chi connectivity index (χ1n) is 9.64. The van der Waals surface area contributed by atoms with Crippen LogP contribution in [0.1, 0.15) is 60.4 Å². The van der Waals surface area contributed by atoms with Crippen molar-refractivity contribution in [2.45, 2.75) is 44.7 Å². The lowest BCUT2D eigenvalue weighted by molar-refractivity contribution is -0.141. The molecule has 152 valence electrons. The second-order valence-corrected chi connectivity index (χ2v) is 7.67. The van der Waals surface area contributed by atoms with Crippen molar-refractivity contribution in [3.05, 3.63) is 59.7 Å². The summed E-state index contributed by atoms with van der Waals surface area (Å²) in [7, 11) is 0. The van der Waals surface area contributed by atoms with Gasteiger partial charge in [0.25, 0.3) is 5.91 Å². The Balaban J connectivity index is 1.52. The van der Waals surface area contributed by atoms with E-state index in [1.54, 1.807) is 22.8 Å². The molecule has 0 radical (unpaired) electrons. The molecule has 4 rings (SSSR count). The lowest BCUT2D eigenvalue weighted by atomic mass is 9.81. The van der Waals surface area contributed by atoms with Gasteiger partial charge in [-0.3, -0.25) is 4.79 Å². The maximum absolute atomic E-state index is 12.8. The number of hydrogen-bond donors (Lipinski definition) is 1. The van der Waals surface area contributed by atoms with Gasteiger partial charge in [-0.15, -0.1) is 0 Å². The number of carbonyl (C=O) groups is 1. The highest BCUT2D eigenvalue weighted by Crippen LogP contribution is 2.35. The van der Waals surface area contributed by atoms with Crippen LogP contribution in [0.15, 0.2) is 42.6 Å². The first-order valence-corrected chi connectivity index (χ1v) is 9.64. The molecule has 5 nitrogen and oxygen atoms in total. The first kappa shape index (κ1) is 19.4. The van der Waals surface area contributed by atoms with Gasteiger partial charge < -0.3 is 5.32 Å². The molecule has 8 heteroatoms. The van der Waals surface area contributed by atoms with E-state index in [0.717, 1.165) is 36.0 Å². The molecule has 3 heterocycles. The minimum Gasteiger partial charge on any atom is -0.321 e. The molecule has 0 aromatic carbocycles. The van der Waals surface area contributed by atoms with Gasteiger partial charge >= 0.3 is 6.18 Å². The third-order valence-electron chi connectivity index (χ3n) is 5.45. The van der Waals surface area contributed by atoms with Crippen molar-refractivity contribution in [1.82, 2.24) is 14.6 Å². The minimum absolute atomic E-state index is 0.287. The number of amides is 1. The fourth-order valence-corrected chi connectivity index (χ4v) is 3.76. The SMILES string of the molecule is CC1CCC(c2cc3cc(NC(=O)c4cccc(C(F)(F)F)n4)ccn3n2)CC1. The first-order chi connectivity index (χ1) is 13.8.